The third-order valence-electron chi connectivity index (χ3n) is 7.17. The van der Waals surface area contributed by atoms with E-state index in [1.807, 2.05) is 97.1 Å². The number of hydrogen-bond donors (Lipinski definition) is 0. The van der Waals surface area contributed by atoms with Gasteiger partial charge in [0.2, 0.25) is 0 Å². The van der Waals surface area contributed by atoms with Crippen LogP contribution in [0.25, 0.3) is 10.8 Å². The van der Waals surface area contributed by atoms with E-state index in [-0.39, 0.29) is 11.6 Å². The fourth-order valence-corrected chi connectivity index (χ4v) is 4.98. The van der Waals surface area contributed by atoms with Gasteiger partial charge in [-0.3, -0.25) is 9.59 Å². The molecule has 0 fully saturated rings. The van der Waals surface area contributed by atoms with Gasteiger partial charge in [-0.15, -0.1) is 0 Å². The van der Waals surface area contributed by atoms with Gasteiger partial charge in [0.05, 0.1) is 0 Å². The highest BCUT2D eigenvalue weighted by Gasteiger charge is 2.12. The smallest absolute Gasteiger partial charge is 0.193 e. The lowest BCUT2D eigenvalue weighted by Crippen LogP contribution is -2.03. The van der Waals surface area contributed by atoms with Crippen LogP contribution in [0.15, 0.2) is 146 Å². The molecule has 0 aliphatic rings. The molecule has 6 aromatic rings. The van der Waals surface area contributed by atoms with Crippen molar-refractivity contribution in [3.8, 4) is 11.5 Å². The van der Waals surface area contributed by atoms with Gasteiger partial charge in [0.1, 0.15) is 24.7 Å². The van der Waals surface area contributed by atoms with E-state index < -0.39 is 0 Å². The molecule has 0 bridgehead atoms. The van der Waals surface area contributed by atoms with Gasteiger partial charge in [-0.05, 0) is 70.4 Å². The Hall–Kier alpha value is -5.48. The van der Waals surface area contributed by atoms with Gasteiger partial charge in [0.15, 0.2) is 11.6 Å². The summed E-state index contributed by atoms with van der Waals surface area (Å²) in [5.41, 5.74) is 4.65. The second-order valence-corrected chi connectivity index (χ2v) is 9.95. The Morgan fingerprint density at radius 2 is 0.786 bits per heavy atom. The molecular weight excluding hydrogens is 520 g/mol. The molecule has 0 amide bonds. The number of fused-ring (bicyclic) bond motifs is 1. The van der Waals surface area contributed by atoms with Crippen molar-refractivity contribution in [2.24, 2.45) is 0 Å². The molecule has 4 nitrogen and oxygen atoms in total. The summed E-state index contributed by atoms with van der Waals surface area (Å²) in [6.07, 6.45) is 0. The molecule has 0 aromatic heterocycles. The van der Waals surface area contributed by atoms with Crippen LogP contribution in [0.5, 0.6) is 11.5 Å². The summed E-state index contributed by atoms with van der Waals surface area (Å²) in [7, 11) is 0. The van der Waals surface area contributed by atoms with E-state index in [9.17, 15) is 9.59 Å². The Kier molecular flexibility index (Phi) is 7.87. The van der Waals surface area contributed by atoms with Crippen molar-refractivity contribution in [3.63, 3.8) is 0 Å². The quantitative estimate of drug-likeness (QED) is 0.161. The minimum absolute atomic E-state index is 0.0155. The van der Waals surface area contributed by atoms with E-state index >= 15 is 0 Å². The molecule has 6 aromatic carbocycles. The number of hydrogen-bond acceptors (Lipinski definition) is 4. The Morgan fingerprint density at radius 3 is 1.19 bits per heavy atom. The van der Waals surface area contributed by atoms with Gasteiger partial charge in [0.25, 0.3) is 0 Å². The zero-order chi connectivity index (χ0) is 28.7. The van der Waals surface area contributed by atoms with Gasteiger partial charge in [0, 0.05) is 22.3 Å². The first kappa shape index (κ1) is 26.7. The van der Waals surface area contributed by atoms with Gasteiger partial charge in [-0.2, -0.15) is 0 Å². The Bertz CT molecular complexity index is 1690. The normalized spacial score (nSPS) is 10.8. The highest BCUT2D eigenvalue weighted by atomic mass is 16.5. The third-order valence-corrected chi connectivity index (χ3v) is 7.17. The van der Waals surface area contributed by atoms with Crippen molar-refractivity contribution >= 4 is 22.3 Å². The zero-order valence-corrected chi connectivity index (χ0v) is 22.9. The largest absolute Gasteiger partial charge is 0.489 e. The van der Waals surface area contributed by atoms with Crippen LogP contribution in [0.3, 0.4) is 0 Å². The molecule has 0 unspecified atom stereocenters. The predicted molar refractivity (Wildman–Crippen MR) is 165 cm³/mol. The molecule has 0 aliphatic heterocycles. The van der Waals surface area contributed by atoms with E-state index in [4.69, 9.17) is 9.47 Å². The second kappa shape index (κ2) is 12.4. The Labute approximate surface area is 244 Å². The maximum absolute atomic E-state index is 12.7. The fourth-order valence-electron chi connectivity index (χ4n) is 4.98. The van der Waals surface area contributed by atoms with Crippen molar-refractivity contribution in [2.45, 2.75) is 13.2 Å². The van der Waals surface area contributed by atoms with Crippen LogP contribution in [0.2, 0.25) is 0 Å². The fraction of sp³-hybridized carbons (Fsp3) is 0.0526. The van der Waals surface area contributed by atoms with Crippen LogP contribution in [0.4, 0.5) is 0 Å². The first-order valence-corrected chi connectivity index (χ1v) is 13.8. The van der Waals surface area contributed by atoms with E-state index in [0.717, 1.165) is 21.9 Å². The standard InChI is InChI=1S/C38H28O4/c39-37(28-9-3-1-4-10-28)30-17-21-34(22-18-30)41-25-32-15-7-13-27-14-8-16-33(36(27)32)26-42-35-23-19-31(20-24-35)38(40)29-11-5-2-6-12-29/h1-24H,25-26H2. The van der Waals surface area contributed by atoms with Crippen LogP contribution in [-0.4, -0.2) is 11.6 Å². The molecule has 0 saturated carbocycles. The zero-order valence-electron chi connectivity index (χ0n) is 22.9. The lowest BCUT2D eigenvalue weighted by molar-refractivity contribution is 0.103. The molecule has 204 valence electrons. The highest BCUT2D eigenvalue weighted by Crippen LogP contribution is 2.27. The molecule has 0 aliphatic carbocycles. The molecule has 0 heterocycles. The molecule has 42 heavy (non-hydrogen) atoms. The average Bonchev–Trinajstić information content (AvgIpc) is 3.07. The minimum Gasteiger partial charge on any atom is -0.489 e. The molecule has 0 atom stereocenters. The molecule has 0 radical (unpaired) electrons. The van der Waals surface area contributed by atoms with E-state index in [2.05, 4.69) is 24.3 Å². The Balaban J connectivity index is 1.14. The number of carbonyl (C=O) groups is 2. The molecular formula is C38H28O4. The van der Waals surface area contributed by atoms with Gasteiger partial charge >= 0.3 is 0 Å². The number of benzene rings is 6. The van der Waals surface area contributed by atoms with Crippen molar-refractivity contribution in [3.05, 3.63) is 179 Å². The molecule has 0 spiro atoms. The summed E-state index contributed by atoms with van der Waals surface area (Å²) in [5, 5.41) is 2.19. The predicted octanol–water partition coefficient (Wildman–Crippen LogP) is 8.46. The topological polar surface area (TPSA) is 52.6 Å². The molecule has 0 saturated heterocycles. The monoisotopic (exact) mass is 548 g/mol. The lowest BCUT2D eigenvalue weighted by Gasteiger charge is -2.14. The van der Waals surface area contributed by atoms with Crippen molar-refractivity contribution < 1.29 is 19.1 Å². The summed E-state index contributed by atoms with van der Waals surface area (Å²) >= 11 is 0. The van der Waals surface area contributed by atoms with E-state index in [1.54, 1.807) is 24.3 Å². The molecule has 4 heteroatoms. The van der Waals surface area contributed by atoms with Crippen molar-refractivity contribution in [1.29, 1.82) is 0 Å². The summed E-state index contributed by atoms with van der Waals surface area (Å²) in [6.45, 7) is 0.743. The number of carbonyl (C=O) groups excluding carboxylic acids is 2. The SMILES string of the molecule is O=C(c1ccccc1)c1ccc(OCc2cccc3cccc(COc4ccc(C(=O)c5ccccc5)cc4)c23)cc1. The lowest BCUT2D eigenvalue weighted by atomic mass is 10.00. The summed E-state index contributed by atoms with van der Waals surface area (Å²) in [5.74, 6) is 1.35. The summed E-state index contributed by atoms with van der Waals surface area (Å²) in [4.78, 5) is 25.4. The van der Waals surface area contributed by atoms with Crippen LogP contribution in [0.1, 0.15) is 43.0 Å². The average molecular weight is 549 g/mol. The first-order valence-electron chi connectivity index (χ1n) is 13.8. The van der Waals surface area contributed by atoms with Gasteiger partial charge < -0.3 is 9.47 Å². The van der Waals surface area contributed by atoms with Crippen molar-refractivity contribution in [2.75, 3.05) is 0 Å². The maximum Gasteiger partial charge on any atom is 0.193 e. The highest BCUT2D eigenvalue weighted by molar-refractivity contribution is 6.09. The summed E-state index contributed by atoms with van der Waals surface area (Å²) in [6, 6.07) is 45.3. The number of rotatable bonds is 10. The number of ether oxygens (including phenoxy) is 2. The third kappa shape index (κ3) is 5.98. The Morgan fingerprint density at radius 1 is 0.405 bits per heavy atom. The minimum atomic E-state index is -0.0155. The van der Waals surface area contributed by atoms with Crippen LogP contribution >= 0.6 is 0 Å². The van der Waals surface area contributed by atoms with E-state index in [1.165, 1.54) is 0 Å². The second-order valence-electron chi connectivity index (χ2n) is 9.95. The van der Waals surface area contributed by atoms with Crippen LogP contribution in [-0.2, 0) is 13.2 Å². The van der Waals surface area contributed by atoms with Crippen LogP contribution in [0, 0.1) is 0 Å². The maximum atomic E-state index is 12.7. The van der Waals surface area contributed by atoms with Gasteiger partial charge in [-0.1, -0.05) is 97.1 Å². The summed E-state index contributed by atoms with van der Waals surface area (Å²) < 4.78 is 12.3. The first-order chi connectivity index (χ1) is 20.7. The van der Waals surface area contributed by atoms with Gasteiger partial charge in [-0.25, -0.2) is 0 Å². The van der Waals surface area contributed by atoms with E-state index in [0.29, 0.717) is 47.0 Å². The number of ketones is 2. The molecule has 6 rings (SSSR count). The van der Waals surface area contributed by atoms with Crippen molar-refractivity contribution in [1.82, 2.24) is 0 Å². The van der Waals surface area contributed by atoms with Crippen LogP contribution < -0.4 is 9.47 Å². The molecule has 0 N–H and O–H groups in total.